The highest BCUT2D eigenvalue weighted by Crippen LogP contribution is 2.27. The first kappa shape index (κ1) is 15.1. The minimum Gasteiger partial charge on any atom is -0.394 e. The molecule has 1 atom stereocenters. The van der Waals surface area contributed by atoms with E-state index in [1.807, 2.05) is 0 Å². The molecule has 0 spiro atoms. The summed E-state index contributed by atoms with van der Waals surface area (Å²) >= 11 is 0. The SMILES string of the molecule is C=C(/C=C\NC)N[C@H](C)c1cccc(C(F)F)c1F. The van der Waals surface area contributed by atoms with Crippen molar-refractivity contribution >= 4 is 0 Å². The summed E-state index contributed by atoms with van der Waals surface area (Å²) in [5.41, 5.74) is 0.169. The lowest BCUT2D eigenvalue weighted by atomic mass is 10.0. The smallest absolute Gasteiger partial charge is 0.266 e. The van der Waals surface area contributed by atoms with Crippen LogP contribution in [0, 0.1) is 5.82 Å². The van der Waals surface area contributed by atoms with Crippen molar-refractivity contribution in [3.8, 4) is 0 Å². The third kappa shape index (κ3) is 4.05. The third-order valence-corrected chi connectivity index (χ3v) is 2.61. The molecule has 0 unspecified atom stereocenters. The maximum Gasteiger partial charge on any atom is 0.266 e. The Bertz CT molecular complexity index is 470. The molecule has 0 heterocycles. The monoisotopic (exact) mass is 270 g/mol. The second-order valence-electron chi connectivity index (χ2n) is 4.06. The van der Waals surface area contributed by atoms with Crippen LogP contribution in [0.3, 0.4) is 0 Å². The van der Waals surface area contributed by atoms with E-state index < -0.39 is 23.8 Å². The predicted molar refractivity (Wildman–Crippen MR) is 70.2 cm³/mol. The Morgan fingerprint density at radius 1 is 1.32 bits per heavy atom. The molecule has 2 nitrogen and oxygen atoms in total. The molecule has 0 amide bonds. The molecule has 0 fully saturated rings. The number of alkyl halides is 2. The molecule has 0 aromatic heterocycles. The van der Waals surface area contributed by atoms with Crippen molar-refractivity contribution in [3.05, 3.63) is 59.7 Å². The maximum absolute atomic E-state index is 13.9. The van der Waals surface area contributed by atoms with Gasteiger partial charge in [-0.25, -0.2) is 13.2 Å². The van der Waals surface area contributed by atoms with Crippen molar-refractivity contribution in [2.24, 2.45) is 0 Å². The van der Waals surface area contributed by atoms with Gasteiger partial charge < -0.3 is 10.6 Å². The van der Waals surface area contributed by atoms with E-state index in [1.165, 1.54) is 12.1 Å². The van der Waals surface area contributed by atoms with Crippen LogP contribution < -0.4 is 10.6 Å². The largest absolute Gasteiger partial charge is 0.394 e. The zero-order chi connectivity index (χ0) is 14.4. The van der Waals surface area contributed by atoms with Crippen LogP contribution in [-0.4, -0.2) is 7.05 Å². The van der Waals surface area contributed by atoms with Gasteiger partial charge in [-0.05, 0) is 19.2 Å². The number of hydrogen-bond acceptors (Lipinski definition) is 2. The van der Waals surface area contributed by atoms with Crippen molar-refractivity contribution in [2.45, 2.75) is 19.4 Å². The molecule has 0 bridgehead atoms. The molecule has 0 aliphatic carbocycles. The molecule has 0 aliphatic heterocycles. The summed E-state index contributed by atoms with van der Waals surface area (Å²) in [6.07, 6.45) is 0.513. The minimum atomic E-state index is -2.82. The van der Waals surface area contributed by atoms with Gasteiger partial charge in [0.05, 0.1) is 11.6 Å². The lowest BCUT2D eigenvalue weighted by Gasteiger charge is -2.17. The highest BCUT2D eigenvalue weighted by Gasteiger charge is 2.19. The Kier molecular flexibility index (Phi) is 5.48. The molecule has 1 aromatic carbocycles. The summed E-state index contributed by atoms with van der Waals surface area (Å²) in [5, 5.41) is 5.72. The summed E-state index contributed by atoms with van der Waals surface area (Å²) in [6.45, 7) is 5.42. The summed E-state index contributed by atoms with van der Waals surface area (Å²) in [7, 11) is 1.74. The van der Waals surface area contributed by atoms with Gasteiger partial charge in [-0.2, -0.15) is 0 Å². The van der Waals surface area contributed by atoms with E-state index in [9.17, 15) is 13.2 Å². The summed E-state index contributed by atoms with van der Waals surface area (Å²) in [5.74, 6) is -0.872. The molecule has 0 aliphatic rings. The van der Waals surface area contributed by atoms with Crippen molar-refractivity contribution in [2.75, 3.05) is 7.05 Å². The van der Waals surface area contributed by atoms with E-state index in [1.54, 1.807) is 26.2 Å². The molecule has 0 saturated heterocycles. The van der Waals surface area contributed by atoms with Crippen LogP contribution in [0.1, 0.15) is 30.5 Å². The Morgan fingerprint density at radius 3 is 2.53 bits per heavy atom. The average molecular weight is 270 g/mol. The van der Waals surface area contributed by atoms with Gasteiger partial charge >= 0.3 is 0 Å². The van der Waals surface area contributed by atoms with Gasteiger partial charge in [0.1, 0.15) is 5.82 Å². The first-order valence-electron chi connectivity index (χ1n) is 5.83. The van der Waals surface area contributed by atoms with E-state index in [0.717, 1.165) is 6.07 Å². The molecule has 0 saturated carbocycles. The molecule has 0 radical (unpaired) electrons. The van der Waals surface area contributed by atoms with E-state index in [-0.39, 0.29) is 5.56 Å². The van der Waals surface area contributed by atoms with Crippen molar-refractivity contribution in [1.29, 1.82) is 0 Å². The Labute approximate surface area is 111 Å². The number of halogens is 3. The fourth-order valence-electron chi connectivity index (χ4n) is 1.66. The maximum atomic E-state index is 13.9. The number of nitrogens with one attached hydrogen (secondary N) is 2. The van der Waals surface area contributed by atoms with E-state index in [0.29, 0.717) is 5.70 Å². The second-order valence-corrected chi connectivity index (χ2v) is 4.06. The summed E-state index contributed by atoms with van der Waals surface area (Å²) in [4.78, 5) is 0. The molecular formula is C14H17F3N2. The first-order valence-corrected chi connectivity index (χ1v) is 5.83. The standard InChI is InChI=1S/C14H17F3N2/c1-9(7-8-18-3)19-10(2)11-5-4-6-12(13(11)15)14(16)17/h4-8,10,14,18-19H,1H2,2-3H3/b8-7-/t10-/m1/s1. The number of benzene rings is 1. The van der Waals surface area contributed by atoms with Crippen LogP contribution >= 0.6 is 0 Å². The zero-order valence-electron chi connectivity index (χ0n) is 10.9. The minimum absolute atomic E-state index is 0.191. The normalized spacial score (nSPS) is 12.7. The topological polar surface area (TPSA) is 24.1 Å². The first-order chi connectivity index (χ1) is 8.97. The summed E-state index contributed by atoms with van der Waals surface area (Å²) < 4.78 is 39.1. The van der Waals surface area contributed by atoms with Crippen molar-refractivity contribution in [1.82, 2.24) is 10.6 Å². The van der Waals surface area contributed by atoms with Gasteiger partial charge in [-0.15, -0.1) is 0 Å². The lowest BCUT2D eigenvalue weighted by molar-refractivity contribution is 0.146. The van der Waals surface area contributed by atoms with Gasteiger partial charge in [0.2, 0.25) is 0 Å². The number of allylic oxidation sites excluding steroid dienone is 1. The van der Waals surface area contributed by atoms with Crippen LogP contribution in [0.5, 0.6) is 0 Å². The van der Waals surface area contributed by atoms with Gasteiger partial charge in [0.15, 0.2) is 0 Å². The molecule has 1 rings (SSSR count). The van der Waals surface area contributed by atoms with Crippen molar-refractivity contribution in [3.63, 3.8) is 0 Å². The van der Waals surface area contributed by atoms with Crippen molar-refractivity contribution < 1.29 is 13.2 Å². The number of hydrogen-bond donors (Lipinski definition) is 2. The predicted octanol–water partition coefficient (Wildman–Crippen LogP) is 3.66. The molecular weight excluding hydrogens is 253 g/mol. The number of rotatable bonds is 6. The van der Waals surface area contributed by atoms with Crippen LogP contribution in [-0.2, 0) is 0 Å². The zero-order valence-corrected chi connectivity index (χ0v) is 10.9. The van der Waals surface area contributed by atoms with Crippen LogP contribution in [0.2, 0.25) is 0 Å². The fourth-order valence-corrected chi connectivity index (χ4v) is 1.66. The molecule has 19 heavy (non-hydrogen) atoms. The van der Waals surface area contributed by atoms with Gasteiger partial charge in [0.25, 0.3) is 6.43 Å². The third-order valence-electron chi connectivity index (χ3n) is 2.61. The fraction of sp³-hybridized carbons (Fsp3) is 0.286. The highest BCUT2D eigenvalue weighted by molar-refractivity contribution is 5.30. The van der Waals surface area contributed by atoms with Crippen LogP contribution in [0.4, 0.5) is 13.2 Å². The Morgan fingerprint density at radius 2 is 1.95 bits per heavy atom. The molecule has 2 N–H and O–H groups in total. The van der Waals surface area contributed by atoms with Crippen LogP contribution in [0.25, 0.3) is 0 Å². The van der Waals surface area contributed by atoms with E-state index in [2.05, 4.69) is 17.2 Å². The second kappa shape index (κ2) is 6.87. The quantitative estimate of drug-likeness (QED) is 0.771. The molecule has 1 aromatic rings. The molecule has 104 valence electrons. The van der Waals surface area contributed by atoms with Gasteiger partial charge in [-0.3, -0.25) is 0 Å². The van der Waals surface area contributed by atoms with Gasteiger partial charge in [0, 0.05) is 18.3 Å². The Hall–Kier alpha value is -1.91. The van der Waals surface area contributed by atoms with E-state index >= 15 is 0 Å². The Balaban J connectivity index is 2.88. The summed E-state index contributed by atoms with van der Waals surface area (Å²) in [6, 6.07) is 3.54. The van der Waals surface area contributed by atoms with E-state index in [4.69, 9.17) is 0 Å². The highest BCUT2D eigenvalue weighted by atomic mass is 19.3. The van der Waals surface area contributed by atoms with Crippen LogP contribution in [0.15, 0.2) is 42.8 Å². The molecule has 5 heteroatoms. The lowest BCUT2D eigenvalue weighted by Crippen LogP contribution is -2.18. The average Bonchev–Trinajstić information content (AvgIpc) is 2.36. The van der Waals surface area contributed by atoms with Gasteiger partial charge in [-0.1, -0.05) is 24.8 Å².